The average Bonchev–Trinajstić information content (AvgIpc) is 2.45. The van der Waals surface area contributed by atoms with Gasteiger partial charge in [-0.1, -0.05) is 11.6 Å². The largest absolute Gasteiger partial charge is 0.381 e. The fourth-order valence-corrected chi connectivity index (χ4v) is 1.84. The lowest BCUT2D eigenvalue weighted by Crippen LogP contribution is -2.42. The average molecular weight is 231 g/mol. The molecular weight excluding hydrogens is 216 g/mol. The van der Waals surface area contributed by atoms with E-state index >= 15 is 0 Å². The van der Waals surface area contributed by atoms with Gasteiger partial charge in [0.05, 0.1) is 19.3 Å². The summed E-state index contributed by atoms with van der Waals surface area (Å²) in [6, 6.07) is 0. The number of aromatic nitrogens is 2. The van der Waals surface area contributed by atoms with E-state index in [1.54, 1.807) is 10.9 Å². The van der Waals surface area contributed by atoms with Gasteiger partial charge in [-0.15, -0.1) is 0 Å². The molecule has 1 aliphatic heterocycles. The Balaban J connectivity index is 1.96. The third-order valence-electron chi connectivity index (χ3n) is 2.48. The number of nitrogens with zero attached hydrogens (tertiary/aromatic N) is 3. The topological polar surface area (TPSA) is 56.3 Å². The molecule has 2 N–H and O–H groups in total. The summed E-state index contributed by atoms with van der Waals surface area (Å²) in [6.45, 7) is 3.36. The van der Waals surface area contributed by atoms with Crippen LogP contribution in [0.5, 0.6) is 0 Å². The first-order valence-corrected chi connectivity index (χ1v) is 5.31. The monoisotopic (exact) mass is 230 g/mol. The smallest absolute Gasteiger partial charge is 0.164 e. The number of hydrogen-bond donors (Lipinski definition) is 1. The summed E-state index contributed by atoms with van der Waals surface area (Å²) < 4.78 is 7.35. The van der Waals surface area contributed by atoms with E-state index in [1.165, 1.54) is 0 Å². The van der Waals surface area contributed by atoms with Crippen molar-refractivity contribution in [3.63, 3.8) is 0 Å². The van der Waals surface area contributed by atoms with Crippen LogP contribution in [0, 0.1) is 0 Å². The second kappa shape index (κ2) is 4.38. The second-order valence-corrected chi connectivity index (χ2v) is 4.25. The summed E-state index contributed by atoms with van der Waals surface area (Å²) in [5.41, 5.74) is 5.56. The van der Waals surface area contributed by atoms with Crippen molar-refractivity contribution < 1.29 is 4.74 Å². The number of morpholine rings is 1. The van der Waals surface area contributed by atoms with Crippen LogP contribution in [0.15, 0.2) is 6.20 Å². The van der Waals surface area contributed by atoms with Gasteiger partial charge in [0.25, 0.3) is 0 Å². The van der Waals surface area contributed by atoms with E-state index in [4.69, 9.17) is 22.1 Å². The zero-order valence-electron chi connectivity index (χ0n) is 8.69. The van der Waals surface area contributed by atoms with E-state index in [1.807, 2.05) is 0 Å². The highest BCUT2D eigenvalue weighted by Gasteiger charge is 2.18. The minimum atomic E-state index is 0.166. The predicted octanol–water partition coefficient (Wildman–Crippen LogP) is 0.449. The molecule has 1 saturated heterocycles. The van der Waals surface area contributed by atoms with E-state index in [0.717, 1.165) is 19.7 Å². The van der Waals surface area contributed by atoms with Crippen molar-refractivity contribution in [1.82, 2.24) is 14.7 Å². The molecule has 0 bridgehead atoms. The molecule has 1 aliphatic rings. The Labute approximate surface area is 93.7 Å². The zero-order valence-corrected chi connectivity index (χ0v) is 9.44. The lowest BCUT2D eigenvalue weighted by atomic mass is 10.3. The number of nitrogens with two attached hydrogens (primary N) is 1. The summed E-state index contributed by atoms with van der Waals surface area (Å²) in [5, 5.41) is 4.59. The van der Waals surface area contributed by atoms with Gasteiger partial charge in [0.15, 0.2) is 5.82 Å². The second-order valence-electron chi connectivity index (χ2n) is 3.84. The number of anilines is 1. The van der Waals surface area contributed by atoms with Crippen molar-refractivity contribution >= 4 is 17.4 Å². The van der Waals surface area contributed by atoms with Gasteiger partial charge in [-0.25, -0.2) is 0 Å². The quantitative estimate of drug-likeness (QED) is 0.802. The van der Waals surface area contributed by atoms with Crippen molar-refractivity contribution in [2.45, 2.75) is 12.6 Å². The van der Waals surface area contributed by atoms with E-state index in [9.17, 15) is 0 Å². The lowest BCUT2D eigenvalue weighted by molar-refractivity contribution is -0.0290. The maximum Gasteiger partial charge on any atom is 0.164 e. The van der Waals surface area contributed by atoms with Crippen LogP contribution in [0.25, 0.3) is 0 Å². The van der Waals surface area contributed by atoms with E-state index in [0.29, 0.717) is 17.4 Å². The predicted molar refractivity (Wildman–Crippen MR) is 58.9 cm³/mol. The fraction of sp³-hybridized carbons (Fsp3) is 0.667. The van der Waals surface area contributed by atoms with E-state index in [2.05, 4.69) is 17.0 Å². The highest BCUT2D eigenvalue weighted by Crippen LogP contribution is 2.16. The molecule has 0 aliphatic carbocycles. The van der Waals surface area contributed by atoms with Gasteiger partial charge in [-0.2, -0.15) is 5.10 Å². The van der Waals surface area contributed by atoms with Crippen LogP contribution in [-0.4, -0.2) is 47.5 Å². The third-order valence-corrected chi connectivity index (χ3v) is 2.77. The van der Waals surface area contributed by atoms with Gasteiger partial charge < -0.3 is 15.4 Å². The van der Waals surface area contributed by atoms with Crippen LogP contribution in [-0.2, 0) is 11.3 Å². The molecule has 1 atom stereocenters. The molecule has 1 unspecified atom stereocenters. The highest BCUT2D eigenvalue weighted by atomic mass is 35.5. The van der Waals surface area contributed by atoms with Crippen LogP contribution in [0.4, 0.5) is 5.82 Å². The van der Waals surface area contributed by atoms with Crippen molar-refractivity contribution in [3.05, 3.63) is 11.2 Å². The standard InChI is InChI=1S/C9H15ClN4O/c1-13-2-3-15-7(4-13)5-14-6-8(10)9(11)12-14/h6-7H,2-5H2,1H3,(H2,11,12). The van der Waals surface area contributed by atoms with Gasteiger partial charge in [-0.05, 0) is 7.05 Å². The van der Waals surface area contributed by atoms with Gasteiger partial charge >= 0.3 is 0 Å². The van der Waals surface area contributed by atoms with Gasteiger partial charge in [-0.3, -0.25) is 4.68 Å². The van der Waals surface area contributed by atoms with Gasteiger partial charge in [0, 0.05) is 19.3 Å². The molecule has 0 radical (unpaired) electrons. The molecule has 1 aromatic rings. The number of nitrogen functional groups attached to an aromatic ring is 1. The van der Waals surface area contributed by atoms with Crippen LogP contribution in [0.2, 0.25) is 5.02 Å². The first-order valence-electron chi connectivity index (χ1n) is 4.93. The van der Waals surface area contributed by atoms with Crippen LogP contribution in [0.1, 0.15) is 0 Å². The first-order chi connectivity index (χ1) is 7.15. The molecule has 15 heavy (non-hydrogen) atoms. The number of halogens is 1. The number of rotatable bonds is 2. The summed E-state index contributed by atoms with van der Waals surface area (Å²) in [6.07, 6.45) is 1.90. The minimum absolute atomic E-state index is 0.166. The summed E-state index contributed by atoms with van der Waals surface area (Å²) in [5.74, 6) is 0.376. The normalized spacial score (nSPS) is 23.2. The van der Waals surface area contributed by atoms with Crippen LogP contribution in [0.3, 0.4) is 0 Å². The Morgan fingerprint density at radius 1 is 1.73 bits per heavy atom. The summed E-state index contributed by atoms with van der Waals surface area (Å²) >= 11 is 5.82. The number of hydrogen-bond acceptors (Lipinski definition) is 4. The molecule has 84 valence electrons. The highest BCUT2D eigenvalue weighted by molar-refractivity contribution is 6.32. The Morgan fingerprint density at radius 2 is 2.53 bits per heavy atom. The maximum atomic E-state index is 5.82. The molecule has 0 aromatic carbocycles. The fourth-order valence-electron chi connectivity index (χ4n) is 1.69. The maximum absolute atomic E-state index is 5.82. The molecule has 0 saturated carbocycles. The molecule has 2 heterocycles. The molecule has 6 heteroatoms. The summed E-state index contributed by atoms with van der Waals surface area (Å²) in [7, 11) is 2.08. The van der Waals surface area contributed by atoms with E-state index in [-0.39, 0.29) is 6.10 Å². The Hall–Kier alpha value is -0.780. The first kappa shape index (κ1) is 10.7. The summed E-state index contributed by atoms with van der Waals surface area (Å²) in [4.78, 5) is 2.24. The van der Waals surface area contributed by atoms with Crippen molar-refractivity contribution in [3.8, 4) is 0 Å². The van der Waals surface area contributed by atoms with Crippen LogP contribution >= 0.6 is 11.6 Å². The Bertz CT molecular complexity index is 321. The molecule has 1 aromatic heterocycles. The van der Waals surface area contributed by atoms with Gasteiger partial charge in [0.1, 0.15) is 5.02 Å². The molecule has 5 nitrogen and oxygen atoms in total. The third kappa shape index (κ3) is 2.62. The van der Waals surface area contributed by atoms with Crippen molar-refractivity contribution in [1.29, 1.82) is 0 Å². The van der Waals surface area contributed by atoms with Gasteiger partial charge in [0.2, 0.25) is 0 Å². The molecule has 1 fully saturated rings. The minimum Gasteiger partial charge on any atom is -0.381 e. The Kier molecular flexibility index (Phi) is 3.14. The molecule has 2 rings (SSSR count). The molecule has 0 amide bonds. The van der Waals surface area contributed by atoms with Crippen molar-refractivity contribution in [2.24, 2.45) is 0 Å². The molecule has 0 spiro atoms. The number of ether oxygens (including phenoxy) is 1. The van der Waals surface area contributed by atoms with E-state index < -0.39 is 0 Å². The molecular formula is C9H15ClN4O. The lowest BCUT2D eigenvalue weighted by Gasteiger charge is -2.29. The number of likely N-dealkylation sites (N-methyl/N-ethyl adjacent to an activating group) is 1. The zero-order chi connectivity index (χ0) is 10.8. The Morgan fingerprint density at radius 3 is 3.13 bits per heavy atom. The van der Waals surface area contributed by atoms with Crippen molar-refractivity contribution in [2.75, 3.05) is 32.5 Å². The van der Waals surface area contributed by atoms with Crippen LogP contribution < -0.4 is 5.73 Å². The SMILES string of the molecule is CN1CCOC(Cn2cc(Cl)c(N)n2)C1.